The van der Waals surface area contributed by atoms with Gasteiger partial charge in [-0.05, 0) is 57.6 Å². The molecule has 0 aliphatic carbocycles. The minimum atomic E-state index is -1.06. The molecule has 0 unspecified atom stereocenters. The van der Waals surface area contributed by atoms with Gasteiger partial charge >= 0.3 is 0 Å². The third kappa shape index (κ3) is 9.01. The van der Waals surface area contributed by atoms with E-state index in [4.69, 9.17) is 0 Å². The highest BCUT2D eigenvalue weighted by atomic mass is 16.2. The van der Waals surface area contributed by atoms with E-state index in [0.717, 1.165) is 36.0 Å². The van der Waals surface area contributed by atoms with E-state index in [2.05, 4.69) is 16.0 Å². The fraction of sp³-hybridized carbons (Fsp3) is 0.467. The molecule has 2 aromatic carbocycles. The Morgan fingerprint density at radius 1 is 0.947 bits per heavy atom. The average Bonchev–Trinajstić information content (AvgIpc) is 2.91. The highest BCUT2D eigenvalue weighted by Gasteiger charge is 2.30. The van der Waals surface area contributed by atoms with Crippen molar-refractivity contribution in [3.63, 3.8) is 0 Å². The highest BCUT2D eigenvalue weighted by molar-refractivity contribution is 5.94. The van der Waals surface area contributed by atoms with Gasteiger partial charge in [-0.25, -0.2) is 0 Å². The first-order chi connectivity index (χ1) is 18.2. The molecule has 8 heteroatoms. The summed E-state index contributed by atoms with van der Waals surface area (Å²) < 4.78 is 0. The van der Waals surface area contributed by atoms with Gasteiger partial charge in [0.25, 0.3) is 0 Å². The standard InChI is InChI=1S/C30H40N4O4/c1-21-10-9-14-25(18-21)20-31-29(37)23(3)32-30(38)26(19-28(36)34-17-8-7-11-22(34)2)33-27(35)16-15-24-12-5-4-6-13-24/h4-6,9-10,12-14,18,22-23,26H,7-8,11,15-17,19-20H2,1-3H3,(H,31,37)(H,32,38)(H,33,35)/t22-,23-,26-/m0/s1. The molecule has 0 aromatic heterocycles. The first-order valence-electron chi connectivity index (χ1n) is 13.5. The van der Waals surface area contributed by atoms with Gasteiger partial charge in [0.1, 0.15) is 12.1 Å². The zero-order valence-electron chi connectivity index (χ0n) is 22.7. The summed E-state index contributed by atoms with van der Waals surface area (Å²) in [6.45, 7) is 6.56. The number of piperidine rings is 1. The van der Waals surface area contributed by atoms with Crippen LogP contribution in [0.3, 0.4) is 0 Å². The Labute approximate surface area is 225 Å². The quantitative estimate of drug-likeness (QED) is 0.423. The summed E-state index contributed by atoms with van der Waals surface area (Å²) in [6, 6.07) is 15.6. The Hall–Kier alpha value is -3.68. The van der Waals surface area contributed by atoms with Gasteiger partial charge < -0.3 is 20.9 Å². The number of carbonyl (C=O) groups is 4. The fourth-order valence-corrected chi connectivity index (χ4v) is 4.68. The predicted molar refractivity (Wildman–Crippen MR) is 147 cm³/mol. The second kappa shape index (κ2) is 14.3. The van der Waals surface area contributed by atoms with E-state index in [0.29, 0.717) is 19.5 Å². The van der Waals surface area contributed by atoms with E-state index in [1.165, 1.54) is 0 Å². The van der Waals surface area contributed by atoms with Crippen LogP contribution in [-0.2, 0) is 32.1 Å². The maximum atomic E-state index is 13.2. The van der Waals surface area contributed by atoms with Crippen LogP contribution < -0.4 is 16.0 Å². The number of nitrogens with zero attached hydrogens (tertiary/aromatic N) is 1. The zero-order chi connectivity index (χ0) is 27.5. The Balaban J connectivity index is 1.60. The first-order valence-corrected chi connectivity index (χ1v) is 13.5. The van der Waals surface area contributed by atoms with Crippen LogP contribution in [0.15, 0.2) is 54.6 Å². The molecule has 1 saturated heterocycles. The normalized spacial score (nSPS) is 16.7. The maximum Gasteiger partial charge on any atom is 0.243 e. The third-order valence-corrected chi connectivity index (χ3v) is 6.94. The van der Waals surface area contributed by atoms with E-state index in [9.17, 15) is 19.2 Å². The van der Waals surface area contributed by atoms with Crippen molar-refractivity contribution >= 4 is 23.6 Å². The predicted octanol–water partition coefficient (Wildman–Crippen LogP) is 3.02. The second-order valence-electron chi connectivity index (χ2n) is 10.2. The monoisotopic (exact) mass is 520 g/mol. The van der Waals surface area contributed by atoms with Gasteiger partial charge in [-0.15, -0.1) is 0 Å². The Bertz CT molecular complexity index is 1100. The molecule has 0 spiro atoms. The molecule has 38 heavy (non-hydrogen) atoms. The number of benzene rings is 2. The Morgan fingerprint density at radius 2 is 1.68 bits per heavy atom. The van der Waals surface area contributed by atoms with E-state index in [-0.39, 0.29) is 36.6 Å². The number of carbonyl (C=O) groups excluding carboxylic acids is 4. The average molecular weight is 521 g/mol. The molecule has 1 aliphatic heterocycles. The van der Waals surface area contributed by atoms with Crippen molar-refractivity contribution in [2.45, 2.75) is 84.0 Å². The van der Waals surface area contributed by atoms with Crippen LogP contribution in [0.1, 0.15) is 62.6 Å². The summed E-state index contributed by atoms with van der Waals surface area (Å²) in [5, 5.41) is 8.27. The van der Waals surface area contributed by atoms with Crippen LogP contribution in [0, 0.1) is 6.92 Å². The van der Waals surface area contributed by atoms with Crippen LogP contribution in [0.2, 0.25) is 0 Å². The van der Waals surface area contributed by atoms with Crippen molar-refractivity contribution < 1.29 is 19.2 Å². The summed E-state index contributed by atoms with van der Waals surface area (Å²) in [7, 11) is 0. The largest absolute Gasteiger partial charge is 0.350 e. The second-order valence-corrected chi connectivity index (χ2v) is 10.2. The van der Waals surface area contributed by atoms with Gasteiger partial charge in [0.2, 0.25) is 23.6 Å². The van der Waals surface area contributed by atoms with E-state index in [1.807, 2.05) is 68.4 Å². The molecule has 3 atom stereocenters. The lowest BCUT2D eigenvalue weighted by molar-refractivity contribution is -0.139. The van der Waals surface area contributed by atoms with Crippen molar-refractivity contribution in [1.29, 1.82) is 0 Å². The first kappa shape index (κ1) is 28.9. The zero-order valence-corrected chi connectivity index (χ0v) is 22.7. The maximum absolute atomic E-state index is 13.2. The smallest absolute Gasteiger partial charge is 0.243 e. The molecule has 3 rings (SSSR count). The van der Waals surface area contributed by atoms with Gasteiger partial charge in [-0.3, -0.25) is 19.2 Å². The molecule has 1 aliphatic rings. The summed E-state index contributed by atoms with van der Waals surface area (Å²) >= 11 is 0. The number of nitrogens with one attached hydrogen (secondary N) is 3. The minimum Gasteiger partial charge on any atom is -0.350 e. The van der Waals surface area contributed by atoms with Crippen molar-refractivity contribution in [3.05, 3.63) is 71.3 Å². The summed E-state index contributed by atoms with van der Waals surface area (Å²) in [6.07, 6.45) is 3.48. The number of rotatable bonds is 11. The van der Waals surface area contributed by atoms with E-state index >= 15 is 0 Å². The van der Waals surface area contributed by atoms with Crippen LogP contribution in [0.4, 0.5) is 0 Å². The Morgan fingerprint density at radius 3 is 2.39 bits per heavy atom. The molecular weight excluding hydrogens is 480 g/mol. The lowest BCUT2D eigenvalue weighted by Gasteiger charge is -2.34. The number of likely N-dealkylation sites (tertiary alicyclic amines) is 1. The molecule has 2 aromatic rings. The molecule has 0 radical (unpaired) electrons. The molecule has 204 valence electrons. The molecular formula is C30H40N4O4. The highest BCUT2D eigenvalue weighted by Crippen LogP contribution is 2.18. The number of hydrogen-bond acceptors (Lipinski definition) is 4. The lowest BCUT2D eigenvalue weighted by Crippen LogP contribution is -2.54. The molecule has 4 amide bonds. The molecule has 8 nitrogen and oxygen atoms in total. The van der Waals surface area contributed by atoms with Gasteiger partial charge in [0, 0.05) is 25.6 Å². The van der Waals surface area contributed by atoms with Crippen LogP contribution in [0.5, 0.6) is 0 Å². The molecule has 0 saturated carbocycles. The summed E-state index contributed by atoms with van der Waals surface area (Å²) in [4.78, 5) is 53.5. The topological polar surface area (TPSA) is 108 Å². The van der Waals surface area contributed by atoms with E-state index < -0.39 is 18.0 Å². The van der Waals surface area contributed by atoms with Crippen molar-refractivity contribution in [2.75, 3.05) is 6.54 Å². The molecule has 1 fully saturated rings. The van der Waals surface area contributed by atoms with Crippen molar-refractivity contribution in [2.24, 2.45) is 0 Å². The minimum absolute atomic E-state index is 0.0973. The van der Waals surface area contributed by atoms with E-state index in [1.54, 1.807) is 11.8 Å². The number of amides is 4. The fourth-order valence-electron chi connectivity index (χ4n) is 4.68. The molecule has 0 bridgehead atoms. The van der Waals surface area contributed by atoms with Gasteiger partial charge in [-0.1, -0.05) is 60.2 Å². The van der Waals surface area contributed by atoms with Crippen LogP contribution >= 0.6 is 0 Å². The molecule has 1 heterocycles. The summed E-state index contributed by atoms with van der Waals surface area (Å²) in [5.41, 5.74) is 3.07. The number of hydrogen-bond donors (Lipinski definition) is 3. The SMILES string of the molecule is Cc1cccc(CNC(=O)[C@H](C)NC(=O)[C@H](CC(=O)N2CCCC[C@@H]2C)NC(=O)CCc2ccccc2)c1. The number of aryl methyl sites for hydroxylation is 2. The van der Waals surface area contributed by atoms with Crippen molar-refractivity contribution in [1.82, 2.24) is 20.9 Å². The van der Waals surface area contributed by atoms with Crippen LogP contribution in [0.25, 0.3) is 0 Å². The summed E-state index contributed by atoms with van der Waals surface area (Å²) in [5.74, 6) is -1.37. The molecule has 3 N–H and O–H groups in total. The van der Waals surface area contributed by atoms with Gasteiger partial charge in [0.15, 0.2) is 0 Å². The Kier molecular flexibility index (Phi) is 10.9. The van der Waals surface area contributed by atoms with Crippen LogP contribution in [-0.4, -0.2) is 53.2 Å². The third-order valence-electron chi connectivity index (χ3n) is 6.94. The van der Waals surface area contributed by atoms with Gasteiger partial charge in [0.05, 0.1) is 6.42 Å². The van der Waals surface area contributed by atoms with Crippen molar-refractivity contribution in [3.8, 4) is 0 Å². The lowest BCUT2D eigenvalue weighted by atomic mass is 10.0. The van der Waals surface area contributed by atoms with Gasteiger partial charge in [-0.2, -0.15) is 0 Å².